The Morgan fingerprint density at radius 2 is 1.00 bits per heavy atom. The van der Waals surface area contributed by atoms with Crippen molar-refractivity contribution in [2.45, 2.75) is 0 Å². The number of aliphatic imine (C=N–C) groups is 2. The smallest absolute Gasteiger partial charge is 0.116 e. The van der Waals surface area contributed by atoms with E-state index in [1.54, 1.807) is 48.8 Å². The van der Waals surface area contributed by atoms with Gasteiger partial charge in [-0.25, -0.2) is 0 Å². The molecule has 3 aromatic rings. The van der Waals surface area contributed by atoms with Gasteiger partial charge in [0.2, 0.25) is 0 Å². The van der Waals surface area contributed by atoms with Crippen molar-refractivity contribution >= 4 is 23.8 Å². The predicted molar refractivity (Wildman–Crippen MR) is 97.2 cm³/mol. The maximum Gasteiger partial charge on any atom is 0.116 e. The minimum Gasteiger partial charge on any atom is -0.508 e. The monoisotopic (exact) mass is 316 g/mol. The number of phenolic OH excluding ortho intramolecular Hbond substituents is 2. The largest absolute Gasteiger partial charge is 0.508 e. The molecular weight excluding hydrogens is 300 g/mol. The van der Waals surface area contributed by atoms with Crippen LogP contribution in [0, 0.1) is 0 Å². The Balaban J connectivity index is 1.69. The van der Waals surface area contributed by atoms with Crippen LogP contribution in [0.25, 0.3) is 0 Å². The van der Waals surface area contributed by atoms with Crippen molar-refractivity contribution in [2.24, 2.45) is 9.98 Å². The normalized spacial score (nSPS) is 11.3. The van der Waals surface area contributed by atoms with E-state index in [4.69, 9.17) is 0 Å². The van der Waals surface area contributed by atoms with E-state index in [1.165, 1.54) is 0 Å². The fourth-order valence-corrected chi connectivity index (χ4v) is 2.13. The van der Waals surface area contributed by atoms with Gasteiger partial charge in [-0.1, -0.05) is 24.3 Å². The number of hydrogen-bond donors (Lipinski definition) is 2. The van der Waals surface area contributed by atoms with Gasteiger partial charge in [0, 0.05) is 12.4 Å². The molecule has 0 amide bonds. The molecule has 0 radical (unpaired) electrons. The van der Waals surface area contributed by atoms with Gasteiger partial charge in [-0.2, -0.15) is 0 Å². The summed E-state index contributed by atoms with van der Waals surface area (Å²) in [6.45, 7) is 0. The number of hydrogen-bond acceptors (Lipinski definition) is 4. The molecule has 0 aliphatic heterocycles. The molecule has 0 bridgehead atoms. The molecule has 0 aliphatic carbocycles. The van der Waals surface area contributed by atoms with Gasteiger partial charge < -0.3 is 10.2 Å². The zero-order valence-corrected chi connectivity index (χ0v) is 12.9. The molecular formula is C20H16N2O2. The lowest BCUT2D eigenvalue weighted by atomic mass is 10.2. The van der Waals surface area contributed by atoms with Crippen molar-refractivity contribution in [1.82, 2.24) is 0 Å². The zero-order valence-electron chi connectivity index (χ0n) is 12.9. The molecule has 0 aromatic heterocycles. The second-order valence-corrected chi connectivity index (χ2v) is 5.22. The Bertz CT molecular complexity index is 810. The van der Waals surface area contributed by atoms with Gasteiger partial charge in [-0.05, 0) is 59.7 Å². The Morgan fingerprint density at radius 3 is 1.38 bits per heavy atom. The molecule has 0 atom stereocenters. The van der Waals surface area contributed by atoms with Crippen LogP contribution in [-0.2, 0) is 0 Å². The van der Waals surface area contributed by atoms with Crippen LogP contribution in [0.3, 0.4) is 0 Å². The van der Waals surface area contributed by atoms with Crippen LogP contribution < -0.4 is 0 Å². The molecule has 118 valence electrons. The van der Waals surface area contributed by atoms with E-state index in [0.29, 0.717) is 0 Å². The highest BCUT2D eigenvalue weighted by Crippen LogP contribution is 2.19. The maximum atomic E-state index is 9.42. The second kappa shape index (κ2) is 7.24. The quantitative estimate of drug-likeness (QED) is 0.691. The summed E-state index contributed by atoms with van der Waals surface area (Å²) in [5, 5.41) is 18.8. The van der Waals surface area contributed by atoms with E-state index in [9.17, 15) is 10.2 Å². The third kappa shape index (κ3) is 4.30. The SMILES string of the molecule is Oc1cccc(/C=N/c2ccc(/N=C/c3cccc(O)c3)cc2)c1. The van der Waals surface area contributed by atoms with Crippen LogP contribution in [-0.4, -0.2) is 22.6 Å². The summed E-state index contributed by atoms with van der Waals surface area (Å²) in [5.41, 5.74) is 3.27. The highest BCUT2D eigenvalue weighted by molar-refractivity contribution is 5.83. The second-order valence-electron chi connectivity index (χ2n) is 5.22. The Kier molecular flexibility index (Phi) is 4.68. The first-order valence-corrected chi connectivity index (χ1v) is 7.45. The van der Waals surface area contributed by atoms with Gasteiger partial charge in [0.05, 0.1) is 11.4 Å². The van der Waals surface area contributed by atoms with Gasteiger partial charge in [0.15, 0.2) is 0 Å². The number of phenols is 2. The number of nitrogens with zero attached hydrogens (tertiary/aromatic N) is 2. The van der Waals surface area contributed by atoms with Crippen molar-refractivity contribution in [2.75, 3.05) is 0 Å². The standard InChI is InChI=1S/C20H16N2O2/c23-19-5-1-3-15(11-19)13-21-17-7-9-18(10-8-17)22-14-16-4-2-6-20(24)12-16/h1-14,23-24H/b21-13+,22-14+. The van der Waals surface area contributed by atoms with Crippen molar-refractivity contribution in [3.05, 3.63) is 83.9 Å². The first kappa shape index (κ1) is 15.5. The highest BCUT2D eigenvalue weighted by Gasteiger charge is 1.94. The molecule has 4 heteroatoms. The van der Waals surface area contributed by atoms with Gasteiger partial charge in [-0.15, -0.1) is 0 Å². The van der Waals surface area contributed by atoms with Gasteiger partial charge in [0.1, 0.15) is 11.5 Å². The van der Waals surface area contributed by atoms with Crippen molar-refractivity contribution in [1.29, 1.82) is 0 Å². The van der Waals surface area contributed by atoms with Crippen LogP contribution >= 0.6 is 0 Å². The summed E-state index contributed by atoms with van der Waals surface area (Å²) in [6, 6.07) is 21.3. The van der Waals surface area contributed by atoms with Crippen molar-refractivity contribution < 1.29 is 10.2 Å². The Morgan fingerprint density at radius 1 is 0.583 bits per heavy atom. The van der Waals surface area contributed by atoms with Crippen molar-refractivity contribution in [3.63, 3.8) is 0 Å². The lowest BCUT2D eigenvalue weighted by Gasteiger charge is -1.98. The molecule has 0 spiro atoms. The van der Waals surface area contributed by atoms with Crippen LogP contribution in [0.2, 0.25) is 0 Å². The van der Waals surface area contributed by atoms with Gasteiger partial charge in [0.25, 0.3) is 0 Å². The van der Waals surface area contributed by atoms with Crippen LogP contribution in [0.4, 0.5) is 11.4 Å². The third-order valence-corrected chi connectivity index (χ3v) is 3.32. The molecule has 0 saturated heterocycles. The number of aromatic hydroxyl groups is 2. The summed E-state index contributed by atoms with van der Waals surface area (Å²) in [7, 11) is 0. The van der Waals surface area contributed by atoms with E-state index >= 15 is 0 Å². The molecule has 3 rings (SSSR count). The molecule has 0 unspecified atom stereocenters. The van der Waals surface area contributed by atoms with E-state index in [2.05, 4.69) is 9.98 Å². The molecule has 0 fully saturated rings. The van der Waals surface area contributed by atoms with Crippen LogP contribution in [0.5, 0.6) is 11.5 Å². The average Bonchev–Trinajstić information content (AvgIpc) is 2.59. The molecule has 2 N–H and O–H groups in total. The minimum absolute atomic E-state index is 0.218. The van der Waals surface area contributed by atoms with E-state index in [-0.39, 0.29) is 11.5 Å². The molecule has 24 heavy (non-hydrogen) atoms. The lowest BCUT2D eigenvalue weighted by Crippen LogP contribution is -1.80. The fraction of sp³-hybridized carbons (Fsp3) is 0. The van der Waals surface area contributed by atoms with E-state index < -0.39 is 0 Å². The summed E-state index contributed by atoms with van der Waals surface area (Å²) in [5.74, 6) is 0.436. The first-order valence-electron chi connectivity index (χ1n) is 7.45. The number of benzene rings is 3. The maximum absolute atomic E-state index is 9.42. The molecule has 0 heterocycles. The topological polar surface area (TPSA) is 65.2 Å². The van der Waals surface area contributed by atoms with E-state index in [1.807, 2.05) is 36.4 Å². The Labute approximate surface area is 140 Å². The highest BCUT2D eigenvalue weighted by atomic mass is 16.3. The van der Waals surface area contributed by atoms with Crippen LogP contribution in [0.1, 0.15) is 11.1 Å². The summed E-state index contributed by atoms with van der Waals surface area (Å²) >= 11 is 0. The molecule has 3 aromatic carbocycles. The van der Waals surface area contributed by atoms with Gasteiger partial charge in [-0.3, -0.25) is 9.98 Å². The lowest BCUT2D eigenvalue weighted by molar-refractivity contribution is 0.474. The van der Waals surface area contributed by atoms with Gasteiger partial charge >= 0.3 is 0 Å². The predicted octanol–water partition coefficient (Wildman–Crippen LogP) is 4.60. The summed E-state index contributed by atoms with van der Waals surface area (Å²) in [6.07, 6.45) is 3.40. The van der Waals surface area contributed by atoms with E-state index in [0.717, 1.165) is 22.5 Å². The minimum atomic E-state index is 0.218. The van der Waals surface area contributed by atoms with Crippen molar-refractivity contribution in [3.8, 4) is 11.5 Å². The molecule has 0 aliphatic rings. The average molecular weight is 316 g/mol. The third-order valence-electron chi connectivity index (χ3n) is 3.32. The summed E-state index contributed by atoms with van der Waals surface area (Å²) in [4.78, 5) is 8.74. The Hall–Kier alpha value is -3.40. The number of rotatable bonds is 4. The van der Waals surface area contributed by atoms with Crippen LogP contribution in [0.15, 0.2) is 82.8 Å². The first-order chi connectivity index (χ1) is 11.7. The molecule has 0 saturated carbocycles. The fourth-order valence-electron chi connectivity index (χ4n) is 2.13. The molecule has 4 nitrogen and oxygen atoms in total. The summed E-state index contributed by atoms with van der Waals surface area (Å²) < 4.78 is 0. The zero-order chi connectivity index (χ0) is 16.8.